The maximum absolute atomic E-state index is 13.7. The monoisotopic (exact) mass is 604 g/mol. The minimum Gasteiger partial charge on any atom is -0.497 e. The number of nitrogens with zero attached hydrogens (tertiary/aromatic N) is 1. The maximum atomic E-state index is 13.7. The van der Waals surface area contributed by atoms with Gasteiger partial charge in [-0.3, -0.25) is 24.1 Å². The van der Waals surface area contributed by atoms with E-state index in [1.54, 1.807) is 33.1 Å². The van der Waals surface area contributed by atoms with Crippen molar-refractivity contribution in [1.82, 2.24) is 20.9 Å². The molecule has 3 N–H and O–H groups in total. The standard InChI is InChI=1S/C31H45ClN4O6/c1-20(33-27(37)18-36-14-12-23(32)13-15-36)29(39)35-26(17-22-8-10-24(41-3)11-9-22)30(40)34-25(16-21-6-4-5-7-21)28(38)31(2)19-42-31/h8-11,20-21,23,25-26H,4-7,12-19H2,1-3H3,(H,33,37)(H,34,40)(H,35,39). The number of epoxide rings is 1. The summed E-state index contributed by atoms with van der Waals surface area (Å²) in [6.45, 7) is 5.34. The summed E-state index contributed by atoms with van der Waals surface area (Å²) >= 11 is 6.16. The summed E-state index contributed by atoms with van der Waals surface area (Å²) in [5.41, 5.74) is -0.0601. The third-order valence-corrected chi connectivity index (χ3v) is 9.10. The van der Waals surface area contributed by atoms with Gasteiger partial charge in [0.2, 0.25) is 17.7 Å². The quantitative estimate of drug-likeness (QED) is 0.220. The van der Waals surface area contributed by atoms with Crippen LogP contribution in [-0.4, -0.2) is 90.9 Å². The van der Waals surface area contributed by atoms with Crippen LogP contribution in [0.2, 0.25) is 0 Å². The second-order valence-corrected chi connectivity index (χ2v) is 12.8. The molecule has 1 aromatic carbocycles. The molecule has 0 aromatic heterocycles. The van der Waals surface area contributed by atoms with Crippen molar-refractivity contribution in [3.63, 3.8) is 0 Å². The normalized spacial score (nSPS) is 23.4. The number of piperidine rings is 1. The molecule has 2 aliphatic heterocycles. The highest BCUT2D eigenvalue weighted by Gasteiger charge is 2.50. The Labute approximate surface area is 253 Å². The Morgan fingerprint density at radius 2 is 1.62 bits per heavy atom. The van der Waals surface area contributed by atoms with E-state index >= 15 is 0 Å². The topological polar surface area (TPSA) is 129 Å². The van der Waals surface area contributed by atoms with Gasteiger partial charge in [-0.15, -0.1) is 11.6 Å². The zero-order chi connectivity index (χ0) is 30.3. The number of hydrogen-bond acceptors (Lipinski definition) is 7. The summed E-state index contributed by atoms with van der Waals surface area (Å²) < 4.78 is 10.7. The van der Waals surface area contributed by atoms with Gasteiger partial charge < -0.3 is 25.4 Å². The van der Waals surface area contributed by atoms with Crippen LogP contribution in [0.5, 0.6) is 5.75 Å². The summed E-state index contributed by atoms with van der Waals surface area (Å²) in [7, 11) is 1.58. The lowest BCUT2D eigenvalue weighted by atomic mass is 9.90. The van der Waals surface area contributed by atoms with E-state index in [1.165, 1.54) is 0 Å². The van der Waals surface area contributed by atoms with Gasteiger partial charge in [-0.25, -0.2) is 0 Å². The number of carbonyl (C=O) groups excluding carboxylic acids is 4. The fraction of sp³-hybridized carbons (Fsp3) is 0.677. The molecule has 11 heteroatoms. The van der Waals surface area contributed by atoms with Crippen LogP contribution in [-0.2, 0) is 30.3 Å². The van der Waals surface area contributed by atoms with Gasteiger partial charge >= 0.3 is 0 Å². The molecule has 1 aromatic rings. The van der Waals surface area contributed by atoms with Crippen LogP contribution >= 0.6 is 11.6 Å². The fourth-order valence-electron chi connectivity index (χ4n) is 5.82. The molecule has 3 fully saturated rings. The third kappa shape index (κ3) is 9.15. The Balaban J connectivity index is 1.42. The lowest BCUT2D eigenvalue weighted by molar-refractivity contribution is -0.134. The van der Waals surface area contributed by atoms with Crippen LogP contribution in [0, 0.1) is 5.92 Å². The van der Waals surface area contributed by atoms with Gasteiger partial charge in [0.25, 0.3) is 0 Å². The number of hydrogen-bond donors (Lipinski definition) is 3. The summed E-state index contributed by atoms with van der Waals surface area (Å²) in [6, 6.07) is 4.74. The molecule has 42 heavy (non-hydrogen) atoms. The van der Waals surface area contributed by atoms with Crippen molar-refractivity contribution in [3.8, 4) is 5.75 Å². The highest BCUT2D eigenvalue weighted by Crippen LogP contribution is 2.33. The second kappa shape index (κ2) is 14.7. The van der Waals surface area contributed by atoms with E-state index in [1.807, 2.05) is 17.0 Å². The average Bonchev–Trinajstić information content (AvgIpc) is 3.51. The van der Waals surface area contributed by atoms with Gasteiger partial charge in [-0.1, -0.05) is 37.8 Å². The molecule has 0 spiro atoms. The van der Waals surface area contributed by atoms with Crippen molar-refractivity contribution in [2.24, 2.45) is 5.92 Å². The minimum absolute atomic E-state index is 0.129. The molecule has 4 atom stereocenters. The van der Waals surface area contributed by atoms with Crippen LogP contribution in [0.1, 0.15) is 64.4 Å². The number of alkyl halides is 1. The van der Waals surface area contributed by atoms with E-state index in [4.69, 9.17) is 21.1 Å². The molecule has 232 valence electrons. The predicted molar refractivity (Wildman–Crippen MR) is 159 cm³/mol. The van der Waals surface area contributed by atoms with Gasteiger partial charge in [0.15, 0.2) is 5.78 Å². The highest BCUT2D eigenvalue weighted by molar-refractivity contribution is 6.20. The van der Waals surface area contributed by atoms with Crippen molar-refractivity contribution in [2.45, 2.75) is 94.3 Å². The first-order chi connectivity index (χ1) is 20.1. The Morgan fingerprint density at radius 3 is 2.21 bits per heavy atom. The molecule has 3 amide bonds. The van der Waals surface area contributed by atoms with Crippen molar-refractivity contribution < 1.29 is 28.7 Å². The molecule has 0 bridgehead atoms. The smallest absolute Gasteiger partial charge is 0.243 e. The van der Waals surface area contributed by atoms with E-state index in [0.717, 1.165) is 57.2 Å². The minimum atomic E-state index is -0.959. The summed E-state index contributed by atoms with van der Waals surface area (Å²) in [4.78, 5) is 55.0. The number of Topliss-reactive ketones (excluding diaryl/α,β-unsaturated/α-hetero) is 1. The summed E-state index contributed by atoms with van der Waals surface area (Å²) in [6.07, 6.45) is 6.71. The number of nitrogens with one attached hydrogen (secondary N) is 3. The molecule has 2 heterocycles. The molecule has 10 nitrogen and oxygen atoms in total. The van der Waals surface area contributed by atoms with Gasteiger partial charge in [-0.2, -0.15) is 0 Å². The Morgan fingerprint density at radius 1 is 1.00 bits per heavy atom. The van der Waals surface area contributed by atoms with Crippen molar-refractivity contribution in [1.29, 1.82) is 0 Å². The molecule has 2 saturated heterocycles. The molecular weight excluding hydrogens is 560 g/mol. The number of ketones is 1. The number of benzene rings is 1. The molecule has 3 aliphatic rings. The lowest BCUT2D eigenvalue weighted by Gasteiger charge is -2.29. The molecule has 1 aliphatic carbocycles. The lowest BCUT2D eigenvalue weighted by Crippen LogP contribution is -2.57. The molecule has 0 radical (unpaired) electrons. The van der Waals surface area contributed by atoms with Gasteiger partial charge in [0.1, 0.15) is 23.4 Å². The summed E-state index contributed by atoms with van der Waals surface area (Å²) in [5.74, 6) is -0.273. The highest BCUT2D eigenvalue weighted by atomic mass is 35.5. The van der Waals surface area contributed by atoms with Gasteiger partial charge in [0.05, 0.1) is 26.3 Å². The number of likely N-dealkylation sites (tertiary alicyclic amines) is 1. The predicted octanol–water partition coefficient (Wildman–Crippen LogP) is 2.35. The third-order valence-electron chi connectivity index (χ3n) is 8.66. The van der Waals surface area contributed by atoms with Gasteiger partial charge in [-0.05, 0) is 56.7 Å². The van der Waals surface area contributed by atoms with E-state index in [9.17, 15) is 19.2 Å². The van der Waals surface area contributed by atoms with E-state index in [2.05, 4.69) is 16.0 Å². The van der Waals surface area contributed by atoms with Crippen molar-refractivity contribution in [3.05, 3.63) is 29.8 Å². The molecule has 1 saturated carbocycles. The molecule has 4 unspecified atom stereocenters. The number of halogens is 1. The molecule has 4 rings (SSSR count). The summed E-state index contributed by atoms with van der Waals surface area (Å²) in [5, 5.41) is 8.68. The molecular formula is C31H45ClN4O6. The largest absolute Gasteiger partial charge is 0.497 e. The second-order valence-electron chi connectivity index (χ2n) is 12.2. The number of carbonyl (C=O) groups is 4. The Hall–Kier alpha value is -2.69. The zero-order valence-corrected chi connectivity index (χ0v) is 25.7. The average molecular weight is 605 g/mol. The number of methoxy groups -OCH3 is 1. The Kier molecular flexibility index (Phi) is 11.3. The van der Waals surface area contributed by atoms with Crippen molar-refractivity contribution >= 4 is 35.1 Å². The number of ether oxygens (including phenoxy) is 2. The maximum Gasteiger partial charge on any atom is 0.243 e. The Bertz CT molecular complexity index is 1100. The van der Waals surface area contributed by atoms with Crippen LogP contribution in [0.25, 0.3) is 0 Å². The first-order valence-corrected chi connectivity index (χ1v) is 15.6. The fourth-order valence-corrected chi connectivity index (χ4v) is 6.02. The van der Waals surface area contributed by atoms with E-state index in [-0.39, 0.29) is 30.0 Å². The van der Waals surface area contributed by atoms with Crippen molar-refractivity contribution in [2.75, 3.05) is 33.4 Å². The number of amides is 3. The number of rotatable bonds is 14. The first-order valence-electron chi connectivity index (χ1n) is 15.1. The zero-order valence-electron chi connectivity index (χ0n) is 25.0. The van der Waals surface area contributed by atoms with E-state index in [0.29, 0.717) is 24.7 Å². The van der Waals surface area contributed by atoms with E-state index < -0.39 is 35.5 Å². The SMILES string of the molecule is COc1ccc(CC(NC(=O)C(C)NC(=O)CN2CCC(Cl)CC2)C(=O)NC(CC2CCCC2)C(=O)C2(C)CO2)cc1. The van der Waals surface area contributed by atoms with Crippen LogP contribution in [0.15, 0.2) is 24.3 Å². The van der Waals surface area contributed by atoms with Crippen LogP contribution in [0.3, 0.4) is 0 Å². The first kappa shape index (κ1) is 32.2. The van der Waals surface area contributed by atoms with Crippen LogP contribution in [0.4, 0.5) is 0 Å². The van der Waals surface area contributed by atoms with Crippen LogP contribution < -0.4 is 20.7 Å². The van der Waals surface area contributed by atoms with Gasteiger partial charge in [0, 0.05) is 24.9 Å².